The van der Waals surface area contributed by atoms with Gasteiger partial charge in [-0.1, -0.05) is 30.7 Å². The first-order chi connectivity index (χ1) is 14.1. The van der Waals surface area contributed by atoms with Crippen molar-refractivity contribution in [3.8, 4) is 0 Å². The van der Waals surface area contributed by atoms with E-state index < -0.39 is 0 Å². The lowest BCUT2D eigenvalue weighted by atomic mass is 10.1. The number of hydrogen-bond donors (Lipinski definition) is 2. The summed E-state index contributed by atoms with van der Waals surface area (Å²) < 4.78 is 5.64. The zero-order chi connectivity index (χ0) is 20.9. The van der Waals surface area contributed by atoms with E-state index in [1.807, 2.05) is 18.7 Å². The van der Waals surface area contributed by atoms with Gasteiger partial charge in [0.25, 0.3) is 0 Å². The Labute approximate surface area is 176 Å². The minimum atomic E-state index is 0.241. The van der Waals surface area contributed by atoms with Gasteiger partial charge < -0.3 is 20.3 Å². The van der Waals surface area contributed by atoms with Crippen LogP contribution >= 0.6 is 0 Å². The smallest absolute Gasteiger partial charge is 0.222 e. The molecule has 1 aromatic rings. The van der Waals surface area contributed by atoms with Crippen LogP contribution in [0.3, 0.4) is 0 Å². The Bertz CT molecular complexity index is 628. The molecule has 1 aliphatic rings. The normalized spacial score (nSPS) is 15.5. The lowest BCUT2D eigenvalue weighted by Gasteiger charge is -2.20. The minimum Gasteiger partial charge on any atom is -0.374 e. The molecule has 29 heavy (non-hydrogen) atoms. The van der Waals surface area contributed by atoms with Gasteiger partial charge in [0.1, 0.15) is 0 Å². The van der Waals surface area contributed by atoms with Crippen molar-refractivity contribution in [3.63, 3.8) is 0 Å². The largest absolute Gasteiger partial charge is 0.374 e. The van der Waals surface area contributed by atoms with Crippen LogP contribution in [0, 0.1) is 0 Å². The number of nitrogens with zero attached hydrogens (tertiary/aromatic N) is 2. The molecule has 1 aliphatic heterocycles. The summed E-state index contributed by atoms with van der Waals surface area (Å²) in [6.45, 7) is 10.8. The molecule has 0 spiro atoms. The molecule has 1 heterocycles. The average molecular weight is 403 g/mol. The fourth-order valence-electron chi connectivity index (χ4n) is 3.27. The third kappa shape index (κ3) is 9.31. The lowest BCUT2D eigenvalue weighted by Crippen LogP contribution is -2.39. The van der Waals surface area contributed by atoms with E-state index >= 15 is 0 Å². The Balaban J connectivity index is 1.76. The maximum Gasteiger partial charge on any atom is 0.222 e. The van der Waals surface area contributed by atoms with Crippen LogP contribution in [0.25, 0.3) is 0 Å². The van der Waals surface area contributed by atoms with Crippen LogP contribution in [-0.2, 0) is 22.7 Å². The Hall–Kier alpha value is -2.08. The predicted molar refractivity (Wildman–Crippen MR) is 119 cm³/mol. The van der Waals surface area contributed by atoms with E-state index in [4.69, 9.17) is 4.74 Å². The molecule has 2 N–H and O–H groups in total. The summed E-state index contributed by atoms with van der Waals surface area (Å²) in [6.07, 6.45) is 5.22. The highest BCUT2D eigenvalue weighted by Gasteiger charge is 2.15. The number of likely N-dealkylation sites (tertiary alicyclic amines) is 1. The van der Waals surface area contributed by atoms with Crippen LogP contribution in [0.1, 0.15) is 64.0 Å². The number of carbonyl (C=O) groups is 1. The topological polar surface area (TPSA) is 66.0 Å². The predicted octanol–water partition coefficient (Wildman–Crippen LogP) is 3.46. The summed E-state index contributed by atoms with van der Waals surface area (Å²) in [5.41, 5.74) is 2.35. The molecule has 1 saturated heterocycles. The number of aliphatic imine (C=N–C) groups is 1. The van der Waals surface area contributed by atoms with Crippen molar-refractivity contribution in [1.29, 1.82) is 0 Å². The highest BCUT2D eigenvalue weighted by Crippen LogP contribution is 2.11. The maximum atomic E-state index is 12.1. The molecule has 6 nitrogen and oxygen atoms in total. The number of ether oxygens (including phenoxy) is 1. The number of amides is 1. The van der Waals surface area contributed by atoms with Crippen LogP contribution in [-0.4, -0.2) is 49.0 Å². The highest BCUT2D eigenvalue weighted by atomic mass is 16.5. The van der Waals surface area contributed by atoms with Crippen molar-refractivity contribution in [2.75, 3.05) is 26.2 Å². The summed E-state index contributed by atoms with van der Waals surface area (Å²) in [7, 11) is 0. The first kappa shape index (κ1) is 23.2. The lowest BCUT2D eigenvalue weighted by molar-refractivity contribution is -0.130. The molecule has 1 aromatic carbocycles. The molecule has 0 bridgehead atoms. The zero-order valence-corrected chi connectivity index (χ0v) is 18.4. The monoisotopic (exact) mass is 402 g/mol. The Kier molecular flexibility index (Phi) is 10.6. The van der Waals surface area contributed by atoms with Crippen LogP contribution in [0.15, 0.2) is 29.3 Å². The number of rotatable bonds is 10. The van der Waals surface area contributed by atoms with Gasteiger partial charge in [0, 0.05) is 32.6 Å². The standard InChI is InChI=1S/C23H38N4O2/c1-4-24-23(25-14-8-16-27-15-7-5-6-9-22(27)28)26-17-20-10-12-21(13-11-20)18-29-19(2)3/h10-13,19H,4-9,14-18H2,1-3H3,(H2,24,25,26). The Morgan fingerprint density at radius 2 is 1.90 bits per heavy atom. The van der Waals surface area contributed by atoms with Crippen molar-refractivity contribution in [2.45, 2.75) is 72.1 Å². The molecule has 2 rings (SSSR count). The molecule has 0 radical (unpaired) electrons. The second kappa shape index (κ2) is 13.2. The summed E-state index contributed by atoms with van der Waals surface area (Å²) in [5, 5.41) is 6.68. The van der Waals surface area contributed by atoms with Crippen LogP contribution < -0.4 is 10.6 Å². The molecule has 0 aromatic heterocycles. The van der Waals surface area contributed by atoms with Crippen LogP contribution in [0.2, 0.25) is 0 Å². The number of benzene rings is 1. The molecule has 6 heteroatoms. The maximum absolute atomic E-state index is 12.1. The van der Waals surface area contributed by atoms with Crippen LogP contribution in [0.4, 0.5) is 0 Å². The number of nitrogens with one attached hydrogen (secondary N) is 2. The van der Waals surface area contributed by atoms with Crippen molar-refractivity contribution in [3.05, 3.63) is 35.4 Å². The number of carbonyl (C=O) groups excluding carboxylic acids is 1. The van der Waals surface area contributed by atoms with Crippen molar-refractivity contribution < 1.29 is 9.53 Å². The summed E-state index contributed by atoms with van der Waals surface area (Å²) in [4.78, 5) is 18.8. The van der Waals surface area contributed by atoms with Gasteiger partial charge in [0.15, 0.2) is 5.96 Å². The van der Waals surface area contributed by atoms with Gasteiger partial charge in [0.05, 0.1) is 19.3 Å². The Morgan fingerprint density at radius 1 is 1.14 bits per heavy atom. The number of hydrogen-bond acceptors (Lipinski definition) is 3. The van der Waals surface area contributed by atoms with Crippen molar-refractivity contribution >= 4 is 11.9 Å². The molecule has 0 unspecified atom stereocenters. The van der Waals surface area contributed by atoms with Gasteiger partial charge in [-0.25, -0.2) is 4.99 Å². The Morgan fingerprint density at radius 3 is 2.62 bits per heavy atom. The second-order valence-corrected chi connectivity index (χ2v) is 7.84. The first-order valence-electron chi connectivity index (χ1n) is 11.1. The van der Waals surface area contributed by atoms with E-state index in [0.717, 1.165) is 51.4 Å². The van der Waals surface area contributed by atoms with Crippen molar-refractivity contribution in [1.82, 2.24) is 15.5 Å². The molecular formula is C23H38N4O2. The van der Waals surface area contributed by atoms with Gasteiger partial charge in [-0.15, -0.1) is 0 Å². The van der Waals surface area contributed by atoms with E-state index in [0.29, 0.717) is 25.5 Å². The van der Waals surface area contributed by atoms with Gasteiger partial charge >= 0.3 is 0 Å². The molecule has 0 aliphatic carbocycles. The van der Waals surface area contributed by atoms with Gasteiger partial charge in [-0.05, 0) is 51.2 Å². The highest BCUT2D eigenvalue weighted by molar-refractivity contribution is 5.79. The minimum absolute atomic E-state index is 0.241. The van der Waals surface area contributed by atoms with E-state index in [1.165, 1.54) is 17.5 Å². The van der Waals surface area contributed by atoms with Gasteiger partial charge in [0.2, 0.25) is 5.91 Å². The fourth-order valence-corrected chi connectivity index (χ4v) is 3.27. The molecule has 0 saturated carbocycles. The fraction of sp³-hybridized carbons (Fsp3) is 0.652. The first-order valence-corrected chi connectivity index (χ1v) is 11.1. The molecule has 0 atom stereocenters. The molecule has 1 fully saturated rings. The van der Waals surface area contributed by atoms with Crippen molar-refractivity contribution in [2.24, 2.45) is 4.99 Å². The zero-order valence-electron chi connectivity index (χ0n) is 18.4. The quantitative estimate of drug-likeness (QED) is 0.357. The molecule has 1 amide bonds. The third-order valence-electron chi connectivity index (χ3n) is 4.94. The van der Waals surface area contributed by atoms with E-state index in [2.05, 4.69) is 46.8 Å². The van der Waals surface area contributed by atoms with E-state index in [1.54, 1.807) is 0 Å². The molecular weight excluding hydrogens is 364 g/mol. The third-order valence-corrected chi connectivity index (χ3v) is 4.94. The number of guanidine groups is 1. The van der Waals surface area contributed by atoms with E-state index in [-0.39, 0.29) is 6.10 Å². The summed E-state index contributed by atoms with van der Waals surface area (Å²) in [6, 6.07) is 8.42. The van der Waals surface area contributed by atoms with Crippen LogP contribution in [0.5, 0.6) is 0 Å². The van der Waals surface area contributed by atoms with E-state index in [9.17, 15) is 4.79 Å². The summed E-state index contributed by atoms with van der Waals surface area (Å²) >= 11 is 0. The van der Waals surface area contributed by atoms with Gasteiger partial charge in [-0.2, -0.15) is 0 Å². The average Bonchev–Trinajstić information content (AvgIpc) is 2.92. The molecule has 162 valence electrons. The SMILES string of the molecule is CCNC(=NCc1ccc(COC(C)C)cc1)NCCCN1CCCCCC1=O. The van der Waals surface area contributed by atoms with Gasteiger partial charge in [-0.3, -0.25) is 4.79 Å². The second-order valence-electron chi connectivity index (χ2n) is 7.84. The summed E-state index contributed by atoms with van der Waals surface area (Å²) in [5.74, 6) is 1.13.